The third-order valence-corrected chi connectivity index (χ3v) is 4.06. The Balaban J connectivity index is 2.03. The highest BCUT2D eigenvalue weighted by molar-refractivity contribution is 6.32. The zero-order chi connectivity index (χ0) is 20.7. The molecular weight excluding hydrogens is 382 g/mol. The first-order chi connectivity index (χ1) is 13.3. The van der Waals surface area contributed by atoms with Gasteiger partial charge in [-0.1, -0.05) is 41.9 Å². The zero-order valence-electron chi connectivity index (χ0n) is 16.3. The molecule has 0 aliphatic rings. The van der Waals surface area contributed by atoms with Crippen molar-refractivity contribution >= 4 is 23.5 Å². The second-order valence-electron chi connectivity index (χ2n) is 6.41. The quantitative estimate of drug-likeness (QED) is 0.672. The van der Waals surface area contributed by atoms with Crippen LogP contribution in [0.2, 0.25) is 5.02 Å². The fraction of sp³-hybridized carbons (Fsp3) is 0.333. The van der Waals surface area contributed by atoms with Gasteiger partial charge in [0.25, 0.3) is 5.91 Å². The normalized spacial score (nSPS) is 11.6. The molecule has 2 aromatic carbocycles. The fourth-order valence-electron chi connectivity index (χ4n) is 2.40. The van der Waals surface area contributed by atoms with Crippen LogP contribution in [0.25, 0.3) is 0 Å². The molecule has 0 bridgehead atoms. The number of rotatable bonds is 8. The molecule has 1 amide bonds. The summed E-state index contributed by atoms with van der Waals surface area (Å²) in [6.07, 6.45) is -1.08. The number of methoxy groups -OCH3 is 1. The molecule has 1 N–H and O–H groups in total. The Morgan fingerprint density at radius 2 is 1.79 bits per heavy atom. The minimum atomic E-state index is -0.965. The van der Waals surface area contributed by atoms with Gasteiger partial charge in [-0.15, -0.1) is 0 Å². The molecule has 28 heavy (non-hydrogen) atoms. The van der Waals surface area contributed by atoms with Crippen LogP contribution in [0.3, 0.4) is 0 Å². The van der Waals surface area contributed by atoms with Crippen LogP contribution in [0.4, 0.5) is 0 Å². The number of carbonyl (C=O) groups excluding carboxylic acids is 2. The van der Waals surface area contributed by atoms with Gasteiger partial charge in [0.2, 0.25) is 0 Å². The maximum atomic E-state index is 12.4. The van der Waals surface area contributed by atoms with Crippen molar-refractivity contribution in [3.63, 3.8) is 0 Å². The second-order valence-corrected chi connectivity index (χ2v) is 6.81. The van der Waals surface area contributed by atoms with Crippen molar-refractivity contribution in [3.05, 3.63) is 58.6 Å². The van der Waals surface area contributed by atoms with Crippen LogP contribution in [-0.2, 0) is 16.1 Å². The Kier molecular flexibility index (Phi) is 7.70. The van der Waals surface area contributed by atoms with Gasteiger partial charge < -0.3 is 19.5 Å². The van der Waals surface area contributed by atoms with Gasteiger partial charge in [-0.25, -0.2) is 4.79 Å². The largest absolute Gasteiger partial charge is 0.493 e. The van der Waals surface area contributed by atoms with E-state index in [-0.39, 0.29) is 16.7 Å². The highest BCUT2D eigenvalue weighted by Crippen LogP contribution is 2.37. The number of nitrogens with one attached hydrogen (secondary N) is 1. The number of hydrogen-bond donors (Lipinski definition) is 1. The number of ether oxygens (including phenoxy) is 3. The predicted octanol–water partition coefficient (Wildman–Crippen LogP) is 4.00. The molecule has 6 nitrogen and oxygen atoms in total. The molecule has 0 aromatic heterocycles. The van der Waals surface area contributed by atoms with E-state index in [4.69, 9.17) is 25.8 Å². The summed E-state index contributed by atoms with van der Waals surface area (Å²) in [7, 11) is 1.45. The molecule has 1 atom stereocenters. The van der Waals surface area contributed by atoms with Crippen molar-refractivity contribution in [3.8, 4) is 11.5 Å². The summed E-state index contributed by atoms with van der Waals surface area (Å²) in [5, 5.41) is 2.96. The van der Waals surface area contributed by atoms with E-state index < -0.39 is 18.0 Å². The summed E-state index contributed by atoms with van der Waals surface area (Å²) in [6.45, 7) is 5.57. The lowest BCUT2D eigenvalue weighted by molar-refractivity contribution is -0.129. The molecule has 2 rings (SSSR count). The van der Waals surface area contributed by atoms with Crippen molar-refractivity contribution < 1.29 is 23.8 Å². The van der Waals surface area contributed by atoms with E-state index >= 15 is 0 Å². The van der Waals surface area contributed by atoms with E-state index in [0.717, 1.165) is 5.56 Å². The first-order valence-corrected chi connectivity index (χ1v) is 9.26. The highest BCUT2D eigenvalue weighted by atomic mass is 35.5. The van der Waals surface area contributed by atoms with E-state index in [1.54, 1.807) is 0 Å². The van der Waals surface area contributed by atoms with E-state index in [1.165, 1.54) is 26.2 Å². The Morgan fingerprint density at radius 3 is 2.39 bits per heavy atom. The highest BCUT2D eigenvalue weighted by Gasteiger charge is 2.22. The van der Waals surface area contributed by atoms with Gasteiger partial charge in [0, 0.05) is 6.54 Å². The van der Waals surface area contributed by atoms with E-state index in [2.05, 4.69) is 5.32 Å². The minimum Gasteiger partial charge on any atom is -0.493 e. The molecule has 0 saturated heterocycles. The first kappa shape index (κ1) is 21.6. The van der Waals surface area contributed by atoms with Crippen molar-refractivity contribution in [2.75, 3.05) is 7.11 Å². The summed E-state index contributed by atoms with van der Waals surface area (Å²) >= 11 is 6.23. The average Bonchev–Trinajstić information content (AvgIpc) is 2.67. The summed E-state index contributed by atoms with van der Waals surface area (Å²) < 4.78 is 16.1. The summed E-state index contributed by atoms with van der Waals surface area (Å²) in [4.78, 5) is 24.6. The van der Waals surface area contributed by atoms with Crippen LogP contribution in [0, 0.1) is 0 Å². The molecule has 0 spiro atoms. The topological polar surface area (TPSA) is 73.9 Å². The molecule has 2 aromatic rings. The molecule has 0 aliphatic carbocycles. The molecule has 150 valence electrons. The molecule has 7 heteroatoms. The molecule has 0 aliphatic heterocycles. The van der Waals surface area contributed by atoms with Gasteiger partial charge in [-0.2, -0.15) is 0 Å². The maximum Gasteiger partial charge on any atom is 0.339 e. The lowest BCUT2D eigenvalue weighted by Crippen LogP contribution is -2.35. The smallest absolute Gasteiger partial charge is 0.339 e. The molecule has 0 fully saturated rings. The number of amides is 1. The molecule has 0 radical (unpaired) electrons. The fourth-order valence-corrected chi connectivity index (χ4v) is 2.65. The van der Waals surface area contributed by atoms with Crippen molar-refractivity contribution in [2.24, 2.45) is 0 Å². The van der Waals surface area contributed by atoms with Crippen LogP contribution in [0.1, 0.15) is 36.7 Å². The number of hydrogen-bond acceptors (Lipinski definition) is 5. The van der Waals surface area contributed by atoms with Crippen LogP contribution in [0.15, 0.2) is 42.5 Å². The number of halogens is 1. The van der Waals surface area contributed by atoms with Gasteiger partial charge in [0.1, 0.15) is 0 Å². The van der Waals surface area contributed by atoms with Crippen molar-refractivity contribution in [1.29, 1.82) is 0 Å². The van der Waals surface area contributed by atoms with E-state index in [0.29, 0.717) is 18.0 Å². The van der Waals surface area contributed by atoms with E-state index in [9.17, 15) is 9.59 Å². The van der Waals surface area contributed by atoms with Crippen molar-refractivity contribution in [1.82, 2.24) is 5.32 Å². The Bertz CT molecular complexity index is 823. The SMILES string of the molecule is COc1cc(C(=O)O[C@@H](C)C(=O)NCc2ccccc2)cc(Cl)c1OC(C)C. The second kappa shape index (κ2) is 9.99. The lowest BCUT2D eigenvalue weighted by Gasteiger charge is -2.17. The third-order valence-electron chi connectivity index (χ3n) is 3.78. The third kappa shape index (κ3) is 5.89. The summed E-state index contributed by atoms with van der Waals surface area (Å²) in [5.41, 5.74) is 1.12. The lowest BCUT2D eigenvalue weighted by atomic mass is 10.2. The minimum absolute atomic E-state index is 0.113. The number of benzene rings is 2. The van der Waals surface area contributed by atoms with Crippen LogP contribution < -0.4 is 14.8 Å². The van der Waals surface area contributed by atoms with Crippen molar-refractivity contribution in [2.45, 2.75) is 39.5 Å². The molecule has 0 saturated carbocycles. The number of esters is 1. The van der Waals surface area contributed by atoms with Crippen LogP contribution >= 0.6 is 11.6 Å². The van der Waals surface area contributed by atoms with Gasteiger partial charge in [-0.3, -0.25) is 4.79 Å². The zero-order valence-corrected chi connectivity index (χ0v) is 17.1. The monoisotopic (exact) mass is 405 g/mol. The summed E-state index contributed by atoms with van der Waals surface area (Å²) in [5.74, 6) is -0.410. The van der Waals surface area contributed by atoms with Gasteiger partial charge in [0.15, 0.2) is 17.6 Å². The Labute approximate surface area is 169 Å². The van der Waals surface area contributed by atoms with Crippen LogP contribution in [-0.4, -0.2) is 31.2 Å². The van der Waals surface area contributed by atoms with E-state index in [1.807, 2.05) is 44.2 Å². The Hall–Kier alpha value is -2.73. The molecular formula is C21H24ClNO5. The standard InChI is InChI=1S/C21H24ClNO5/c1-13(2)27-19-17(22)10-16(11-18(19)26-4)21(25)28-14(3)20(24)23-12-15-8-6-5-7-9-15/h5-11,13-14H,12H2,1-4H3,(H,23,24)/t14-/m0/s1. The van der Waals surface area contributed by atoms with Crippen LogP contribution in [0.5, 0.6) is 11.5 Å². The Morgan fingerprint density at radius 1 is 1.11 bits per heavy atom. The van der Waals surface area contributed by atoms with Gasteiger partial charge >= 0.3 is 5.97 Å². The summed E-state index contributed by atoms with van der Waals surface area (Å²) in [6, 6.07) is 12.4. The van der Waals surface area contributed by atoms with Gasteiger partial charge in [-0.05, 0) is 38.5 Å². The predicted molar refractivity (Wildman–Crippen MR) is 107 cm³/mol. The first-order valence-electron chi connectivity index (χ1n) is 8.88. The molecule has 0 unspecified atom stereocenters. The number of carbonyl (C=O) groups is 2. The average molecular weight is 406 g/mol. The maximum absolute atomic E-state index is 12.4. The van der Waals surface area contributed by atoms with Gasteiger partial charge in [0.05, 0.1) is 23.8 Å². The molecule has 0 heterocycles.